The summed E-state index contributed by atoms with van der Waals surface area (Å²) < 4.78 is 14.3. The van der Waals surface area contributed by atoms with Crippen molar-refractivity contribution in [2.24, 2.45) is 5.10 Å². The number of benzene rings is 2. The summed E-state index contributed by atoms with van der Waals surface area (Å²) in [5.74, 6) is 0.0821. The van der Waals surface area contributed by atoms with Crippen molar-refractivity contribution in [3.05, 3.63) is 94.8 Å². The highest BCUT2D eigenvalue weighted by Crippen LogP contribution is 2.18. The van der Waals surface area contributed by atoms with E-state index in [-0.39, 0.29) is 11.4 Å². The SMILES string of the molecule is O=c1c2ccccc2nc(-c2ccncc2)n1N=Cc1ccc(F)cc1. The molecule has 0 aliphatic heterocycles. The third-order valence-corrected chi connectivity index (χ3v) is 3.88. The van der Waals surface area contributed by atoms with Crippen LogP contribution in [0.25, 0.3) is 22.3 Å². The second kappa shape index (κ2) is 6.68. The molecular formula is C20H13FN4O. The van der Waals surface area contributed by atoms with Gasteiger partial charge in [0.1, 0.15) is 5.82 Å². The second-order valence-corrected chi connectivity index (χ2v) is 5.60. The Morgan fingerprint density at radius 2 is 1.69 bits per heavy atom. The number of para-hydroxylation sites is 1. The molecule has 0 atom stereocenters. The molecule has 0 N–H and O–H groups in total. The Bertz CT molecular complexity index is 1150. The Hall–Kier alpha value is -3.67. The van der Waals surface area contributed by atoms with Crippen LogP contribution in [0.5, 0.6) is 0 Å². The molecule has 2 aromatic carbocycles. The molecule has 0 amide bonds. The summed E-state index contributed by atoms with van der Waals surface area (Å²) in [5, 5.41) is 4.78. The van der Waals surface area contributed by atoms with Gasteiger partial charge in [0.15, 0.2) is 5.82 Å². The van der Waals surface area contributed by atoms with Crippen LogP contribution in [0.4, 0.5) is 4.39 Å². The van der Waals surface area contributed by atoms with Crippen molar-refractivity contribution >= 4 is 17.1 Å². The van der Waals surface area contributed by atoms with Gasteiger partial charge in [0, 0.05) is 18.0 Å². The van der Waals surface area contributed by atoms with Crippen LogP contribution in [0.1, 0.15) is 5.56 Å². The summed E-state index contributed by atoms with van der Waals surface area (Å²) in [6.07, 6.45) is 4.76. The summed E-state index contributed by atoms with van der Waals surface area (Å²) in [4.78, 5) is 21.5. The molecule has 0 radical (unpaired) electrons. The summed E-state index contributed by atoms with van der Waals surface area (Å²) in [6.45, 7) is 0. The first-order valence-corrected chi connectivity index (χ1v) is 7.94. The largest absolute Gasteiger partial charge is 0.282 e. The van der Waals surface area contributed by atoms with Gasteiger partial charge in [-0.2, -0.15) is 9.78 Å². The van der Waals surface area contributed by atoms with E-state index in [1.54, 1.807) is 54.9 Å². The molecule has 4 aromatic rings. The van der Waals surface area contributed by atoms with Crippen molar-refractivity contribution in [1.82, 2.24) is 14.6 Å². The lowest BCUT2D eigenvalue weighted by molar-refractivity contribution is 0.628. The fraction of sp³-hybridized carbons (Fsp3) is 0. The quantitative estimate of drug-likeness (QED) is 0.535. The number of halogens is 1. The van der Waals surface area contributed by atoms with Gasteiger partial charge in [-0.15, -0.1) is 0 Å². The van der Waals surface area contributed by atoms with E-state index in [9.17, 15) is 9.18 Å². The van der Waals surface area contributed by atoms with Gasteiger partial charge in [-0.3, -0.25) is 9.78 Å². The van der Waals surface area contributed by atoms with Gasteiger partial charge in [0.05, 0.1) is 17.1 Å². The Labute approximate surface area is 148 Å². The van der Waals surface area contributed by atoms with E-state index in [0.29, 0.717) is 22.3 Å². The molecule has 2 heterocycles. The van der Waals surface area contributed by atoms with Crippen LogP contribution in [0, 0.1) is 5.82 Å². The summed E-state index contributed by atoms with van der Waals surface area (Å²) in [5.41, 5.74) is 1.71. The van der Waals surface area contributed by atoms with Crippen LogP contribution in [-0.2, 0) is 0 Å². The molecule has 126 valence electrons. The summed E-state index contributed by atoms with van der Waals surface area (Å²) >= 11 is 0. The van der Waals surface area contributed by atoms with Gasteiger partial charge < -0.3 is 0 Å². The molecule has 0 aliphatic carbocycles. The van der Waals surface area contributed by atoms with Gasteiger partial charge in [-0.25, -0.2) is 9.37 Å². The Balaban J connectivity index is 1.92. The van der Waals surface area contributed by atoms with E-state index in [4.69, 9.17) is 0 Å². The van der Waals surface area contributed by atoms with Crippen LogP contribution in [0.15, 0.2) is 83.0 Å². The van der Waals surface area contributed by atoms with Crippen molar-refractivity contribution in [2.75, 3.05) is 0 Å². The zero-order chi connectivity index (χ0) is 17.9. The van der Waals surface area contributed by atoms with E-state index >= 15 is 0 Å². The molecule has 4 rings (SSSR count). The average Bonchev–Trinajstić information content (AvgIpc) is 2.69. The molecule has 0 aliphatic rings. The average molecular weight is 344 g/mol. The van der Waals surface area contributed by atoms with Crippen molar-refractivity contribution < 1.29 is 4.39 Å². The molecule has 26 heavy (non-hydrogen) atoms. The molecule has 6 heteroatoms. The molecule has 0 spiro atoms. The monoisotopic (exact) mass is 344 g/mol. The number of hydrogen-bond donors (Lipinski definition) is 0. The predicted molar refractivity (Wildman–Crippen MR) is 98.6 cm³/mol. The number of nitrogens with zero attached hydrogens (tertiary/aromatic N) is 4. The topological polar surface area (TPSA) is 60.1 Å². The zero-order valence-corrected chi connectivity index (χ0v) is 13.6. The number of pyridine rings is 1. The van der Waals surface area contributed by atoms with E-state index in [0.717, 1.165) is 5.56 Å². The minimum Gasteiger partial charge on any atom is -0.267 e. The maximum Gasteiger partial charge on any atom is 0.282 e. The van der Waals surface area contributed by atoms with Crippen LogP contribution < -0.4 is 5.56 Å². The summed E-state index contributed by atoms with van der Waals surface area (Å²) in [7, 11) is 0. The van der Waals surface area contributed by atoms with Crippen LogP contribution in [0.2, 0.25) is 0 Å². The van der Waals surface area contributed by atoms with Gasteiger partial charge in [0.25, 0.3) is 5.56 Å². The molecule has 0 saturated carbocycles. The molecule has 2 aromatic heterocycles. The van der Waals surface area contributed by atoms with E-state index in [1.165, 1.54) is 23.0 Å². The van der Waals surface area contributed by atoms with Crippen molar-refractivity contribution in [2.45, 2.75) is 0 Å². The Kier molecular flexibility index (Phi) is 4.07. The first-order chi connectivity index (χ1) is 12.7. The van der Waals surface area contributed by atoms with Gasteiger partial charge in [0.2, 0.25) is 0 Å². The van der Waals surface area contributed by atoms with Crippen LogP contribution in [-0.4, -0.2) is 20.9 Å². The smallest absolute Gasteiger partial charge is 0.267 e. The second-order valence-electron chi connectivity index (χ2n) is 5.60. The van der Waals surface area contributed by atoms with E-state index in [1.807, 2.05) is 6.07 Å². The maximum absolute atomic E-state index is 13.1. The lowest BCUT2D eigenvalue weighted by atomic mass is 10.2. The molecule has 0 bridgehead atoms. The Morgan fingerprint density at radius 1 is 0.962 bits per heavy atom. The predicted octanol–water partition coefficient (Wildman–Crippen LogP) is 3.48. The fourth-order valence-corrected chi connectivity index (χ4v) is 2.59. The van der Waals surface area contributed by atoms with E-state index in [2.05, 4.69) is 15.1 Å². The van der Waals surface area contributed by atoms with Crippen molar-refractivity contribution in [1.29, 1.82) is 0 Å². The number of rotatable bonds is 3. The van der Waals surface area contributed by atoms with Crippen molar-refractivity contribution in [3.63, 3.8) is 0 Å². The van der Waals surface area contributed by atoms with Crippen LogP contribution >= 0.6 is 0 Å². The molecule has 5 nitrogen and oxygen atoms in total. The van der Waals surface area contributed by atoms with Crippen LogP contribution in [0.3, 0.4) is 0 Å². The standard InChI is InChI=1S/C20H13FN4O/c21-16-7-5-14(6-8-16)13-23-25-19(15-9-11-22-12-10-15)24-18-4-2-1-3-17(18)20(25)26/h1-13H. The lowest BCUT2D eigenvalue weighted by Crippen LogP contribution is -2.20. The minimum absolute atomic E-state index is 0.277. The number of hydrogen-bond acceptors (Lipinski definition) is 4. The Morgan fingerprint density at radius 3 is 2.46 bits per heavy atom. The molecular weight excluding hydrogens is 331 g/mol. The number of aromatic nitrogens is 3. The summed E-state index contributed by atoms with van der Waals surface area (Å²) in [6, 6.07) is 16.5. The third kappa shape index (κ3) is 3.00. The molecule has 0 saturated heterocycles. The highest BCUT2D eigenvalue weighted by atomic mass is 19.1. The van der Waals surface area contributed by atoms with Gasteiger partial charge in [-0.05, 0) is 42.0 Å². The highest BCUT2D eigenvalue weighted by Gasteiger charge is 2.11. The zero-order valence-electron chi connectivity index (χ0n) is 13.6. The van der Waals surface area contributed by atoms with Crippen molar-refractivity contribution in [3.8, 4) is 11.4 Å². The lowest BCUT2D eigenvalue weighted by Gasteiger charge is -2.09. The maximum atomic E-state index is 13.1. The molecule has 0 fully saturated rings. The highest BCUT2D eigenvalue weighted by molar-refractivity contribution is 5.81. The first kappa shape index (κ1) is 15.8. The van der Waals surface area contributed by atoms with Gasteiger partial charge in [-0.1, -0.05) is 24.3 Å². The fourth-order valence-electron chi connectivity index (χ4n) is 2.59. The van der Waals surface area contributed by atoms with Gasteiger partial charge >= 0.3 is 0 Å². The third-order valence-electron chi connectivity index (χ3n) is 3.88. The normalized spacial score (nSPS) is 11.3. The number of fused-ring (bicyclic) bond motifs is 1. The minimum atomic E-state index is -0.329. The first-order valence-electron chi connectivity index (χ1n) is 7.94. The molecule has 0 unspecified atom stereocenters. The van der Waals surface area contributed by atoms with E-state index < -0.39 is 0 Å².